The Kier molecular flexibility index (Phi) is 14.0. The van der Waals surface area contributed by atoms with Gasteiger partial charge in [0.05, 0.1) is 0 Å². The maximum absolute atomic E-state index is 14.4. The van der Waals surface area contributed by atoms with Gasteiger partial charge in [0.15, 0.2) is 0 Å². The summed E-state index contributed by atoms with van der Waals surface area (Å²) in [7, 11) is 0. The number of carbonyl (C=O) groups is 7. The van der Waals surface area contributed by atoms with Gasteiger partial charge in [-0.25, -0.2) is 8.78 Å². The number of fused-ring (bicyclic) bond motifs is 3. The lowest BCUT2D eigenvalue weighted by Crippen LogP contribution is -2.63. The molecule has 7 amide bonds. The monoisotopic (exact) mass is 769 g/mol. The Morgan fingerprint density at radius 1 is 0.873 bits per heavy atom. The fourth-order valence-corrected chi connectivity index (χ4v) is 8.00. The van der Waals surface area contributed by atoms with Gasteiger partial charge < -0.3 is 36.0 Å². The standard InChI is InChI=1S/C39H53F2N7O7/c1-4-5-6-7-13-33(49)44-28(19-25-17-26(40)20-27(41)18-25)34(50)45-29-21-42-35(51)32-16-23(2)22-48(32)37(53)24(3)43-36(52)30-11-8-9-14-46(30)39(55)31-12-10-15-47(31)38(29)54/h7,13,17-18,20,23-24,28-32H,4-6,8-12,14-16,19,21-22H2,1-3H3,(H,42,51)(H,43,52)(H,44,49)(H,45,50)/b13-7+/t23-,24+,28+,29+,30+,31+,32+/m1/s1. The summed E-state index contributed by atoms with van der Waals surface area (Å²) in [5, 5.41) is 10.8. The zero-order chi connectivity index (χ0) is 39.8. The van der Waals surface area contributed by atoms with Gasteiger partial charge in [0.2, 0.25) is 41.4 Å². The topological polar surface area (TPSA) is 177 Å². The lowest BCUT2D eigenvalue weighted by molar-refractivity contribution is -0.151. The number of unbranched alkanes of at least 4 members (excludes halogenated alkanes) is 2. The maximum Gasteiger partial charge on any atom is 0.247 e. The molecule has 0 aromatic heterocycles. The minimum Gasteiger partial charge on any atom is -0.352 e. The number of hydrogen-bond donors (Lipinski definition) is 4. The first-order chi connectivity index (χ1) is 26.3. The van der Waals surface area contributed by atoms with Gasteiger partial charge in [-0.05, 0) is 81.6 Å². The van der Waals surface area contributed by atoms with E-state index in [-0.39, 0.29) is 37.5 Å². The Balaban J connectivity index is 1.47. The van der Waals surface area contributed by atoms with Crippen LogP contribution in [-0.2, 0) is 40.0 Å². The molecule has 4 heterocycles. The van der Waals surface area contributed by atoms with E-state index in [4.69, 9.17) is 0 Å². The Hall–Kier alpha value is -4.89. The molecular formula is C39H53F2N7O7. The number of rotatable bonds is 9. The summed E-state index contributed by atoms with van der Waals surface area (Å²) in [4.78, 5) is 101. The molecule has 1 aromatic rings. The molecule has 0 bridgehead atoms. The van der Waals surface area contributed by atoms with Gasteiger partial charge >= 0.3 is 0 Å². The van der Waals surface area contributed by atoms with Gasteiger partial charge in [0, 0.05) is 38.7 Å². The van der Waals surface area contributed by atoms with Crippen LogP contribution < -0.4 is 21.3 Å². The van der Waals surface area contributed by atoms with Crippen molar-refractivity contribution in [2.75, 3.05) is 26.2 Å². The molecule has 1 aromatic carbocycles. The smallest absolute Gasteiger partial charge is 0.247 e. The Bertz CT molecular complexity index is 1650. The van der Waals surface area contributed by atoms with Gasteiger partial charge in [0.25, 0.3) is 0 Å². The number of benzene rings is 1. The van der Waals surface area contributed by atoms with Crippen LogP contribution in [0, 0.1) is 17.6 Å². The molecule has 0 aliphatic carbocycles. The van der Waals surface area contributed by atoms with Gasteiger partial charge in [-0.3, -0.25) is 33.6 Å². The summed E-state index contributed by atoms with van der Waals surface area (Å²) in [5.41, 5.74) is 0.0743. The third-order valence-electron chi connectivity index (χ3n) is 10.8. The first-order valence-corrected chi connectivity index (χ1v) is 19.5. The predicted molar refractivity (Wildman–Crippen MR) is 197 cm³/mol. The highest BCUT2D eigenvalue weighted by Crippen LogP contribution is 2.27. The Morgan fingerprint density at radius 2 is 1.56 bits per heavy atom. The molecule has 4 saturated heterocycles. The van der Waals surface area contributed by atoms with Crippen LogP contribution in [0.3, 0.4) is 0 Å². The normalized spacial score (nSPS) is 27.3. The number of halogens is 2. The molecule has 14 nitrogen and oxygen atoms in total. The van der Waals surface area contributed by atoms with Crippen molar-refractivity contribution >= 4 is 41.4 Å². The highest BCUT2D eigenvalue weighted by molar-refractivity contribution is 5.99. The van der Waals surface area contributed by atoms with Gasteiger partial charge in [-0.2, -0.15) is 0 Å². The van der Waals surface area contributed by atoms with Crippen LogP contribution in [0.5, 0.6) is 0 Å². The summed E-state index contributed by atoms with van der Waals surface area (Å²) in [6, 6.07) is -3.79. The van der Waals surface area contributed by atoms with Crippen molar-refractivity contribution in [2.45, 2.75) is 121 Å². The van der Waals surface area contributed by atoms with Crippen molar-refractivity contribution in [1.82, 2.24) is 36.0 Å². The highest BCUT2D eigenvalue weighted by atomic mass is 19.1. The first-order valence-electron chi connectivity index (χ1n) is 19.5. The number of amides is 7. The summed E-state index contributed by atoms with van der Waals surface area (Å²) in [6.45, 7) is 5.74. The molecule has 55 heavy (non-hydrogen) atoms. The number of allylic oxidation sites excluding steroid dienone is 1. The molecule has 16 heteroatoms. The molecule has 4 fully saturated rings. The van der Waals surface area contributed by atoms with E-state index in [1.165, 1.54) is 20.8 Å². The lowest BCUT2D eigenvalue weighted by atomic mass is 9.99. The van der Waals surface area contributed by atoms with Crippen molar-refractivity contribution in [2.24, 2.45) is 5.92 Å². The van der Waals surface area contributed by atoms with Crippen LogP contribution in [-0.4, -0.2) is 118 Å². The molecule has 0 saturated carbocycles. The average Bonchev–Trinajstić information content (AvgIpc) is 3.80. The largest absolute Gasteiger partial charge is 0.352 e. The van der Waals surface area contributed by atoms with Crippen LogP contribution >= 0.6 is 0 Å². The predicted octanol–water partition coefficient (Wildman–Crippen LogP) is 1.47. The molecule has 0 radical (unpaired) electrons. The summed E-state index contributed by atoms with van der Waals surface area (Å²) in [5.74, 6) is -5.91. The van der Waals surface area contributed by atoms with Gasteiger partial charge in [-0.15, -0.1) is 0 Å². The maximum atomic E-state index is 14.4. The number of hydrogen-bond acceptors (Lipinski definition) is 7. The zero-order valence-corrected chi connectivity index (χ0v) is 31.8. The van der Waals surface area contributed by atoms with E-state index < -0.39 is 95.8 Å². The second-order valence-corrected chi connectivity index (χ2v) is 15.2. The van der Waals surface area contributed by atoms with E-state index in [0.717, 1.165) is 25.0 Å². The number of nitrogens with zero attached hydrogens (tertiary/aromatic N) is 3. The molecule has 0 unspecified atom stereocenters. The van der Waals surface area contributed by atoms with Gasteiger partial charge in [0.1, 0.15) is 47.9 Å². The Labute approximate surface area is 320 Å². The summed E-state index contributed by atoms with van der Waals surface area (Å²) >= 11 is 0. The van der Waals surface area contributed by atoms with Crippen LogP contribution in [0.1, 0.15) is 84.1 Å². The molecule has 7 atom stereocenters. The zero-order valence-electron chi connectivity index (χ0n) is 31.8. The van der Waals surface area contributed by atoms with E-state index in [0.29, 0.717) is 51.0 Å². The second kappa shape index (κ2) is 18.6. The molecule has 4 N–H and O–H groups in total. The molecule has 5 rings (SSSR count). The van der Waals surface area contributed by atoms with Crippen molar-refractivity contribution in [3.05, 3.63) is 47.5 Å². The van der Waals surface area contributed by atoms with E-state index in [2.05, 4.69) is 21.3 Å². The van der Waals surface area contributed by atoms with Crippen molar-refractivity contribution in [1.29, 1.82) is 0 Å². The number of piperidine rings is 1. The molecule has 0 spiro atoms. The first kappa shape index (κ1) is 41.3. The lowest BCUT2D eigenvalue weighted by Gasteiger charge is -2.39. The minimum absolute atomic E-state index is 0.0494. The number of carbonyl (C=O) groups excluding carboxylic acids is 7. The fourth-order valence-electron chi connectivity index (χ4n) is 8.00. The van der Waals surface area contributed by atoms with Crippen molar-refractivity contribution < 1.29 is 42.3 Å². The van der Waals surface area contributed by atoms with Crippen molar-refractivity contribution in [3.8, 4) is 0 Å². The SMILES string of the molecule is CCCC/C=C/C(=O)N[C@@H](Cc1cc(F)cc(F)c1)C(=O)N[C@H]1CNC(=O)[C@@H]2C[C@@H](C)CN2C(=O)[C@H](C)NC(=O)[C@@H]2CCCCN2C(=O)[C@@H]2CCCN2C1=O. The van der Waals surface area contributed by atoms with Gasteiger partial charge in [-0.1, -0.05) is 32.8 Å². The second-order valence-electron chi connectivity index (χ2n) is 15.2. The van der Waals surface area contributed by atoms with Crippen LogP contribution in [0.25, 0.3) is 0 Å². The summed E-state index contributed by atoms with van der Waals surface area (Å²) in [6.07, 6.45) is 7.75. The number of nitrogens with one attached hydrogen (secondary N) is 4. The van der Waals surface area contributed by atoms with Crippen LogP contribution in [0.2, 0.25) is 0 Å². The average molecular weight is 770 g/mol. The third kappa shape index (κ3) is 10.3. The fraction of sp³-hybridized carbons (Fsp3) is 0.615. The van der Waals surface area contributed by atoms with E-state index in [1.807, 2.05) is 13.8 Å². The minimum atomic E-state index is -1.44. The quantitative estimate of drug-likeness (QED) is 0.217. The highest BCUT2D eigenvalue weighted by Gasteiger charge is 2.45. The van der Waals surface area contributed by atoms with E-state index in [9.17, 15) is 42.3 Å². The van der Waals surface area contributed by atoms with Crippen LogP contribution in [0.4, 0.5) is 8.78 Å². The molecule has 4 aliphatic rings. The molecule has 4 aliphatic heterocycles. The molecular weight excluding hydrogens is 716 g/mol. The summed E-state index contributed by atoms with van der Waals surface area (Å²) < 4.78 is 28.4. The third-order valence-corrected chi connectivity index (χ3v) is 10.8. The van der Waals surface area contributed by atoms with Crippen LogP contribution in [0.15, 0.2) is 30.4 Å². The molecule has 300 valence electrons. The van der Waals surface area contributed by atoms with E-state index in [1.54, 1.807) is 13.0 Å². The Morgan fingerprint density at radius 3 is 2.29 bits per heavy atom. The van der Waals surface area contributed by atoms with E-state index >= 15 is 0 Å². The van der Waals surface area contributed by atoms with Crippen molar-refractivity contribution in [3.63, 3.8) is 0 Å².